The highest BCUT2D eigenvalue weighted by Crippen LogP contribution is 1.99. The van der Waals surface area contributed by atoms with E-state index in [1.54, 1.807) is 20.8 Å². The molecule has 0 aromatic rings. The van der Waals surface area contributed by atoms with Gasteiger partial charge in [0.2, 0.25) is 5.91 Å². The number of aliphatic hydroxyl groups excluding tert-OH is 1. The summed E-state index contributed by atoms with van der Waals surface area (Å²) in [5, 5.41) is 24.7. The van der Waals surface area contributed by atoms with E-state index in [0.717, 1.165) is 0 Å². The second kappa shape index (κ2) is 7.68. The van der Waals surface area contributed by atoms with Gasteiger partial charge in [0.25, 0.3) is 0 Å². The topological polar surface area (TPSA) is 128 Å². The lowest BCUT2D eigenvalue weighted by molar-refractivity contribution is -0.139. The molecule has 0 aliphatic carbocycles. The van der Waals surface area contributed by atoms with Crippen LogP contribution in [-0.4, -0.2) is 52.4 Å². The summed E-state index contributed by atoms with van der Waals surface area (Å²) in [6, 6.07) is -2.78. The van der Waals surface area contributed by atoms with E-state index in [1.165, 1.54) is 6.92 Å². The summed E-state index contributed by atoms with van der Waals surface area (Å²) >= 11 is 0. The molecule has 8 nitrogen and oxygen atoms in total. The molecular weight excluding hydrogens is 266 g/mol. The molecule has 1 unspecified atom stereocenters. The van der Waals surface area contributed by atoms with Gasteiger partial charge < -0.3 is 26.2 Å². The summed E-state index contributed by atoms with van der Waals surface area (Å²) in [6.45, 7) is 6.54. The van der Waals surface area contributed by atoms with Gasteiger partial charge in [-0.05, 0) is 27.7 Å². The molecule has 0 bridgehead atoms. The van der Waals surface area contributed by atoms with E-state index in [0.29, 0.717) is 0 Å². The number of carboxylic acid groups (broad SMARTS) is 1. The Hall–Kier alpha value is -1.83. The lowest BCUT2D eigenvalue weighted by Crippen LogP contribution is -2.54. The number of amides is 3. The van der Waals surface area contributed by atoms with Crippen molar-refractivity contribution in [3.8, 4) is 0 Å². The van der Waals surface area contributed by atoms with Crippen LogP contribution in [0.1, 0.15) is 34.1 Å². The predicted octanol–water partition coefficient (Wildman–Crippen LogP) is -0.576. The first-order chi connectivity index (χ1) is 9.06. The summed E-state index contributed by atoms with van der Waals surface area (Å²) < 4.78 is 0. The third kappa shape index (κ3) is 7.57. The Morgan fingerprint density at radius 1 is 1.15 bits per heavy atom. The fourth-order valence-electron chi connectivity index (χ4n) is 1.33. The number of carboxylic acids is 1. The van der Waals surface area contributed by atoms with Gasteiger partial charge in [0.15, 0.2) is 0 Å². The van der Waals surface area contributed by atoms with Crippen LogP contribution in [0.15, 0.2) is 0 Å². The van der Waals surface area contributed by atoms with Gasteiger partial charge in [-0.3, -0.25) is 4.79 Å². The fraction of sp³-hybridized carbons (Fsp3) is 0.750. The van der Waals surface area contributed by atoms with Crippen molar-refractivity contribution in [2.24, 2.45) is 0 Å². The van der Waals surface area contributed by atoms with Crippen LogP contribution in [0.5, 0.6) is 0 Å². The third-order valence-corrected chi connectivity index (χ3v) is 2.26. The molecular formula is C12H23N3O5. The molecule has 0 saturated carbocycles. The van der Waals surface area contributed by atoms with Crippen LogP contribution in [0.3, 0.4) is 0 Å². The smallest absolute Gasteiger partial charge is 0.326 e. The van der Waals surface area contributed by atoms with Crippen LogP contribution < -0.4 is 16.0 Å². The van der Waals surface area contributed by atoms with E-state index in [2.05, 4.69) is 16.0 Å². The van der Waals surface area contributed by atoms with Gasteiger partial charge in [0.1, 0.15) is 12.1 Å². The lowest BCUT2D eigenvalue weighted by Gasteiger charge is -2.24. The molecule has 20 heavy (non-hydrogen) atoms. The summed E-state index contributed by atoms with van der Waals surface area (Å²) in [5.41, 5.74) is -0.427. The van der Waals surface area contributed by atoms with Crippen LogP contribution >= 0.6 is 0 Å². The molecule has 0 aliphatic rings. The molecule has 0 aromatic heterocycles. The number of rotatable bonds is 6. The zero-order chi connectivity index (χ0) is 15.9. The molecule has 8 heteroatoms. The number of aliphatic hydroxyl groups is 1. The Balaban J connectivity index is 4.38. The molecule has 116 valence electrons. The van der Waals surface area contributed by atoms with Crippen molar-refractivity contribution < 1.29 is 24.6 Å². The first kappa shape index (κ1) is 18.2. The second-order valence-electron chi connectivity index (χ2n) is 5.48. The Morgan fingerprint density at radius 3 is 2.10 bits per heavy atom. The molecule has 0 fully saturated rings. The number of hydrogen-bond acceptors (Lipinski definition) is 4. The monoisotopic (exact) mass is 289 g/mol. The Kier molecular flexibility index (Phi) is 6.98. The molecule has 0 heterocycles. The molecule has 0 aliphatic heterocycles. The largest absolute Gasteiger partial charge is 0.480 e. The average Bonchev–Trinajstić information content (AvgIpc) is 2.25. The first-order valence-corrected chi connectivity index (χ1v) is 6.29. The fourth-order valence-corrected chi connectivity index (χ4v) is 1.33. The highest BCUT2D eigenvalue weighted by molar-refractivity contribution is 5.88. The van der Waals surface area contributed by atoms with Crippen molar-refractivity contribution in [3.63, 3.8) is 0 Å². The van der Waals surface area contributed by atoms with Gasteiger partial charge in [-0.15, -0.1) is 0 Å². The number of urea groups is 1. The average molecular weight is 289 g/mol. The van der Waals surface area contributed by atoms with E-state index in [-0.39, 0.29) is 18.9 Å². The van der Waals surface area contributed by atoms with Crippen molar-refractivity contribution in [3.05, 3.63) is 0 Å². The molecule has 5 N–H and O–H groups in total. The van der Waals surface area contributed by atoms with Gasteiger partial charge >= 0.3 is 12.0 Å². The minimum absolute atomic E-state index is 0.106. The lowest BCUT2D eigenvalue weighted by atomic mass is 10.1. The number of carbonyl (C=O) groups is 3. The maximum Gasteiger partial charge on any atom is 0.326 e. The van der Waals surface area contributed by atoms with Gasteiger partial charge in [0, 0.05) is 18.6 Å². The van der Waals surface area contributed by atoms with E-state index < -0.39 is 29.6 Å². The summed E-state index contributed by atoms with van der Waals surface area (Å²) in [7, 11) is 0. The zero-order valence-electron chi connectivity index (χ0n) is 12.2. The summed E-state index contributed by atoms with van der Waals surface area (Å²) in [6.07, 6.45) is -0.106. The van der Waals surface area contributed by atoms with Gasteiger partial charge in [-0.1, -0.05) is 0 Å². The Morgan fingerprint density at radius 2 is 1.70 bits per heavy atom. The van der Waals surface area contributed by atoms with Gasteiger partial charge in [-0.2, -0.15) is 0 Å². The standard InChI is InChI=1S/C12H23N3O5/c1-7(9(17)15-12(2,3)4)13-11(20)14-8(5-6-16)10(18)19/h7-8,16H,5-6H2,1-4H3,(H,15,17)(H,18,19)(H2,13,14,20)/t7?,8-/m1/s1. The van der Waals surface area contributed by atoms with E-state index in [9.17, 15) is 14.4 Å². The normalized spacial score (nSPS) is 14.1. The molecule has 2 atom stereocenters. The van der Waals surface area contributed by atoms with Crippen molar-refractivity contribution >= 4 is 17.9 Å². The minimum Gasteiger partial charge on any atom is -0.480 e. The maximum absolute atomic E-state index is 11.7. The van der Waals surface area contributed by atoms with Gasteiger partial charge in [-0.25, -0.2) is 9.59 Å². The highest BCUT2D eigenvalue weighted by Gasteiger charge is 2.23. The molecule has 0 rings (SSSR count). The Labute approximate surface area is 117 Å². The number of hydrogen-bond donors (Lipinski definition) is 5. The minimum atomic E-state index is -1.25. The number of aliphatic carboxylic acids is 1. The highest BCUT2D eigenvalue weighted by atomic mass is 16.4. The van der Waals surface area contributed by atoms with Crippen LogP contribution in [0.25, 0.3) is 0 Å². The summed E-state index contributed by atoms with van der Waals surface area (Å²) in [4.78, 5) is 34.1. The van der Waals surface area contributed by atoms with Crippen LogP contribution in [0.4, 0.5) is 4.79 Å². The summed E-state index contributed by atoms with van der Waals surface area (Å²) in [5.74, 6) is -1.62. The number of carbonyl (C=O) groups excluding carboxylic acids is 2. The second-order valence-corrected chi connectivity index (χ2v) is 5.48. The molecule has 3 amide bonds. The van der Waals surface area contributed by atoms with E-state index in [4.69, 9.17) is 10.2 Å². The van der Waals surface area contributed by atoms with Crippen molar-refractivity contribution in [1.82, 2.24) is 16.0 Å². The number of nitrogens with one attached hydrogen (secondary N) is 3. The predicted molar refractivity (Wildman–Crippen MR) is 72.2 cm³/mol. The quantitative estimate of drug-likeness (QED) is 0.447. The van der Waals surface area contributed by atoms with Crippen molar-refractivity contribution in [2.75, 3.05) is 6.61 Å². The van der Waals surface area contributed by atoms with Crippen LogP contribution in [-0.2, 0) is 9.59 Å². The van der Waals surface area contributed by atoms with Crippen molar-refractivity contribution in [1.29, 1.82) is 0 Å². The molecule has 0 aromatic carbocycles. The van der Waals surface area contributed by atoms with Gasteiger partial charge in [0.05, 0.1) is 0 Å². The van der Waals surface area contributed by atoms with Crippen LogP contribution in [0, 0.1) is 0 Å². The molecule has 0 saturated heterocycles. The van der Waals surface area contributed by atoms with E-state index in [1.807, 2.05) is 0 Å². The van der Waals surface area contributed by atoms with Crippen LogP contribution in [0.2, 0.25) is 0 Å². The molecule has 0 spiro atoms. The maximum atomic E-state index is 11.7. The molecule has 0 radical (unpaired) electrons. The van der Waals surface area contributed by atoms with Crippen molar-refractivity contribution in [2.45, 2.75) is 51.7 Å². The first-order valence-electron chi connectivity index (χ1n) is 6.29. The van der Waals surface area contributed by atoms with E-state index >= 15 is 0 Å². The SMILES string of the molecule is CC(NC(=O)N[C@H](CCO)C(=O)O)C(=O)NC(C)(C)C. The zero-order valence-corrected chi connectivity index (χ0v) is 12.2. The Bertz CT molecular complexity index is 365. The third-order valence-electron chi connectivity index (χ3n) is 2.26.